The van der Waals surface area contributed by atoms with Crippen LogP contribution in [0, 0.1) is 5.41 Å². The van der Waals surface area contributed by atoms with Crippen LogP contribution < -0.4 is 5.32 Å². The molecule has 1 aromatic carbocycles. The number of benzene rings is 1. The monoisotopic (exact) mass is 341 g/mol. The molecule has 1 rings (SSSR count). The highest BCUT2D eigenvalue weighted by atomic mass is 79.9. The maximum atomic E-state index is 5.80. The summed E-state index contributed by atoms with van der Waals surface area (Å²) >= 11 is 3.55. The molecule has 0 aromatic heterocycles. The third kappa shape index (κ3) is 5.55. The SMILES string of the molecule is CCCNC(Cc1cccc(Br)c1)C(OC)C(C)(C)C. The first-order chi connectivity index (χ1) is 9.38. The standard InChI is InChI=1S/C17H28BrNO/c1-6-10-19-15(16(20-5)17(2,3)4)12-13-8-7-9-14(18)11-13/h7-9,11,15-16,19H,6,10,12H2,1-5H3. The molecule has 2 nitrogen and oxygen atoms in total. The van der Waals surface area contributed by atoms with Crippen molar-refractivity contribution < 1.29 is 4.74 Å². The molecule has 0 amide bonds. The number of halogens is 1. The molecule has 3 heteroatoms. The second kappa shape index (κ2) is 8.16. The minimum atomic E-state index is 0.117. The van der Waals surface area contributed by atoms with Gasteiger partial charge in [0.25, 0.3) is 0 Å². The lowest BCUT2D eigenvalue weighted by atomic mass is 9.82. The van der Waals surface area contributed by atoms with E-state index < -0.39 is 0 Å². The summed E-state index contributed by atoms with van der Waals surface area (Å²) in [6.07, 6.45) is 2.30. The summed E-state index contributed by atoms with van der Waals surface area (Å²) in [5.41, 5.74) is 1.45. The lowest BCUT2D eigenvalue weighted by Crippen LogP contribution is -2.49. The number of ether oxygens (including phenoxy) is 1. The van der Waals surface area contributed by atoms with Crippen molar-refractivity contribution in [3.63, 3.8) is 0 Å². The van der Waals surface area contributed by atoms with Gasteiger partial charge in [0.15, 0.2) is 0 Å². The molecule has 0 aliphatic carbocycles. The van der Waals surface area contributed by atoms with Crippen LogP contribution in [0.4, 0.5) is 0 Å². The van der Waals surface area contributed by atoms with Crippen molar-refractivity contribution in [1.82, 2.24) is 5.32 Å². The molecule has 2 atom stereocenters. The molecule has 0 fully saturated rings. The molecule has 1 aromatic rings. The topological polar surface area (TPSA) is 21.3 Å². The van der Waals surface area contributed by atoms with E-state index in [-0.39, 0.29) is 11.5 Å². The van der Waals surface area contributed by atoms with E-state index in [9.17, 15) is 0 Å². The molecule has 0 heterocycles. The molecule has 0 aliphatic rings. The van der Waals surface area contributed by atoms with Gasteiger partial charge in [-0.2, -0.15) is 0 Å². The molecule has 20 heavy (non-hydrogen) atoms. The fourth-order valence-electron chi connectivity index (χ4n) is 2.66. The Morgan fingerprint density at radius 2 is 2.00 bits per heavy atom. The van der Waals surface area contributed by atoms with Gasteiger partial charge in [0.2, 0.25) is 0 Å². The van der Waals surface area contributed by atoms with Crippen LogP contribution >= 0.6 is 15.9 Å². The second-order valence-electron chi connectivity index (χ2n) is 6.42. The highest BCUT2D eigenvalue weighted by molar-refractivity contribution is 9.10. The fourth-order valence-corrected chi connectivity index (χ4v) is 3.10. The summed E-state index contributed by atoms with van der Waals surface area (Å²) in [6, 6.07) is 8.86. The number of methoxy groups -OCH3 is 1. The van der Waals surface area contributed by atoms with Crippen molar-refractivity contribution in [2.24, 2.45) is 5.41 Å². The largest absolute Gasteiger partial charge is 0.379 e. The summed E-state index contributed by atoms with van der Waals surface area (Å²) in [5, 5.41) is 3.65. The summed E-state index contributed by atoms with van der Waals surface area (Å²) < 4.78 is 6.94. The van der Waals surface area contributed by atoms with Gasteiger partial charge < -0.3 is 10.1 Å². The first-order valence-corrected chi connectivity index (χ1v) is 8.18. The Morgan fingerprint density at radius 3 is 2.50 bits per heavy atom. The van der Waals surface area contributed by atoms with Crippen LogP contribution in [-0.2, 0) is 11.2 Å². The number of rotatable bonds is 7. The minimum absolute atomic E-state index is 0.117. The van der Waals surface area contributed by atoms with E-state index in [2.05, 4.69) is 73.2 Å². The van der Waals surface area contributed by atoms with Gasteiger partial charge in [-0.1, -0.05) is 55.8 Å². The van der Waals surface area contributed by atoms with Gasteiger partial charge in [0.1, 0.15) is 0 Å². The van der Waals surface area contributed by atoms with Gasteiger partial charge in [-0.25, -0.2) is 0 Å². The van der Waals surface area contributed by atoms with Gasteiger partial charge in [0, 0.05) is 17.6 Å². The zero-order valence-electron chi connectivity index (χ0n) is 13.4. The van der Waals surface area contributed by atoms with E-state index in [0.717, 1.165) is 23.9 Å². The molecule has 0 spiro atoms. The number of nitrogens with one attached hydrogen (secondary N) is 1. The molecule has 0 bridgehead atoms. The van der Waals surface area contributed by atoms with Crippen molar-refractivity contribution in [3.8, 4) is 0 Å². The minimum Gasteiger partial charge on any atom is -0.379 e. The van der Waals surface area contributed by atoms with Crippen molar-refractivity contribution in [2.45, 2.75) is 52.7 Å². The molecule has 1 N–H and O–H groups in total. The molecule has 0 saturated carbocycles. The average molecular weight is 342 g/mol. The van der Waals surface area contributed by atoms with Gasteiger partial charge in [0.05, 0.1) is 6.10 Å². The summed E-state index contributed by atoms with van der Waals surface area (Å²) in [4.78, 5) is 0. The second-order valence-corrected chi connectivity index (χ2v) is 7.33. The summed E-state index contributed by atoms with van der Waals surface area (Å²) in [7, 11) is 1.82. The van der Waals surface area contributed by atoms with Crippen molar-refractivity contribution in [3.05, 3.63) is 34.3 Å². The predicted molar refractivity (Wildman–Crippen MR) is 90.2 cm³/mol. The summed E-state index contributed by atoms with van der Waals surface area (Å²) in [6.45, 7) is 9.94. The average Bonchev–Trinajstić information content (AvgIpc) is 2.35. The molecule has 0 radical (unpaired) electrons. The predicted octanol–water partition coefficient (Wildman–Crippen LogP) is 4.42. The highest BCUT2D eigenvalue weighted by Crippen LogP contribution is 2.26. The lowest BCUT2D eigenvalue weighted by Gasteiger charge is -2.36. The van der Waals surface area contributed by atoms with E-state index in [1.54, 1.807) is 0 Å². The molecular formula is C17H28BrNO. The Hall–Kier alpha value is -0.380. The summed E-state index contributed by atoms with van der Waals surface area (Å²) in [5.74, 6) is 0. The molecule has 0 saturated heterocycles. The fraction of sp³-hybridized carbons (Fsp3) is 0.647. The first-order valence-electron chi connectivity index (χ1n) is 7.39. The highest BCUT2D eigenvalue weighted by Gasteiger charge is 2.32. The van der Waals surface area contributed by atoms with Crippen LogP contribution in [0.25, 0.3) is 0 Å². The zero-order chi connectivity index (χ0) is 15.2. The Bertz CT molecular complexity index is 400. The third-order valence-corrected chi connectivity index (χ3v) is 3.97. The molecular weight excluding hydrogens is 314 g/mol. The number of hydrogen-bond acceptors (Lipinski definition) is 2. The van der Waals surface area contributed by atoms with E-state index >= 15 is 0 Å². The molecule has 114 valence electrons. The zero-order valence-corrected chi connectivity index (χ0v) is 15.0. The quantitative estimate of drug-likeness (QED) is 0.792. The van der Waals surface area contributed by atoms with Crippen LogP contribution in [0.3, 0.4) is 0 Å². The van der Waals surface area contributed by atoms with Crippen LogP contribution in [0.1, 0.15) is 39.7 Å². The normalized spacial score (nSPS) is 15.1. The van der Waals surface area contributed by atoms with Crippen molar-refractivity contribution in [1.29, 1.82) is 0 Å². The van der Waals surface area contributed by atoms with Crippen LogP contribution in [-0.4, -0.2) is 25.8 Å². The maximum Gasteiger partial charge on any atom is 0.0775 e. The van der Waals surface area contributed by atoms with Gasteiger partial charge in [-0.3, -0.25) is 0 Å². The Balaban J connectivity index is 2.88. The number of hydrogen-bond donors (Lipinski definition) is 1. The lowest BCUT2D eigenvalue weighted by molar-refractivity contribution is -0.0109. The van der Waals surface area contributed by atoms with Gasteiger partial charge >= 0.3 is 0 Å². The van der Waals surface area contributed by atoms with Crippen molar-refractivity contribution in [2.75, 3.05) is 13.7 Å². The van der Waals surface area contributed by atoms with E-state index in [4.69, 9.17) is 4.74 Å². The van der Waals surface area contributed by atoms with Gasteiger partial charge in [-0.15, -0.1) is 0 Å². The van der Waals surface area contributed by atoms with Crippen molar-refractivity contribution >= 4 is 15.9 Å². The Morgan fingerprint density at radius 1 is 1.30 bits per heavy atom. The van der Waals surface area contributed by atoms with E-state index in [1.165, 1.54) is 5.56 Å². The first kappa shape index (κ1) is 17.7. The van der Waals surface area contributed by atoms with Gasteiger partial charge in [-0.05, 0) is 42.5 Å². The van der Waals surface area contributed by atoms with Crippen LogP contribution in [0.5, 0.6) is 0 Å². The van der Waals surface area contributed by atoms with Crippen LogP contribution in [0.15, 0.2) is 28.7 Å². The maximum absolute atomic E-state index is 5.80. The van der Waals surface area contributed by atoms with E-state index in [1.807, 2.05) is 7.11 Å². The van der Waals surface area contributed by atoms with E-state index in [0.29, 0.717) is 6.04 Å². The Labute approximate surface area is 132 Å². The van der Waals surface area contributed by atoms with Crippen LogP contribution in [0.2, 0.25) is 0 Å². The smallest absolute Gasteiger partial charge is 0.0775 e. The third-order valence-electron chi connectivity index (χ3n) is 3.47. The molecule has 2 unspecified atom stereocenters. The Kier molecular flexibility index (Phi) is 7.21. The molecule has 0 aliphatic heterocycles.